The normalized spacial score (nSPS) is 16.2. The molecule has 29 heavy (non-hydrogen) atoms. The quantitative estimate of drug-likeness (QED) is 0.663. The standard InChI is InChI=1S/C21H19F4N3O/c22-17-5-4-14(11-16(17)21(23,24)25)10-15(29)12-20(7-2-1-3-8-20)18-6-9-27-19(13-26)28-18/h4-6,9,11H,1-3,7-8,10,12H2. The van der Waals surface area contributed by atoms with E-state index in [2.05, 4.69) is 9.97 Å². The summed E-state index contributed by atoms with van der Waals surface area (Å²) in [7, 11) is 0. The number of carbonyl (C=O) groups is 1. The molecule has 1 aromatic heterocycles. The van der Waals surface area contributed by atoms with Crippen molar-refractivity contribution in [3.05, 3.63) is 58.9 Å². The second kappa shape index (κ2) is 8.27. The highest BCUT2D eigenvalue weighted by molar-refractivity contribution is 5.82. The van der Waals surface area contributed by atoms with Crippen molar-refractivity contribution in [1.29, 1.82) is 5.26 Å². The van der Waals surface area contributed by atoms with E-state index >= 15 is 0 Å². The topological polar surface area (TPSA) is 66.6 Å². The number of aromatic nitrogens is 2. The van der Waals surface area contributed by atoms with Crippen LogP contribution in [-0.2, 0) is 22.8 Å². The fraction of sp³-hybridized carbons (Fsp3) is 0.429. The minimum atomic E-state index is -4.82. The van der Waals surface area contributed by atoms with Gasteiger partial charge in [0.25, 0.3) is 0 Å². The van der Waals surface area contributed by atoms with Crippen LogP contribution >= 0.6 is 0 Å². The highest BCUT2D eigenvalue weighted by atomic mass is 19.4. The number of benzene rings is 1. The first kappa shape index (κ1) is 20.9. The Kier molecular flexibility index (Phi) is 5.96. The first-order chi connectivity index (χ1) is 13.7. The molecule has 1 heterocycles. The van der Waals surface area contributed by atoms with E-state index in [0.29, 0.717) is 24.6 Å². The summed E-state index contributed by atoms with van der Waals surface area (Å²) >= 11 is 0. The summed E-state index contributed by atoms with van der Waals surface area (Å²) in [6, 6.07) is 6.22. The molecule has 4 nitrogen and oxygen atoms in total. The Labute approximate surface area is 165 Å². The molecule has 0 unspecified atom stereocenters. The lowest BCUT2D eigenvalue weighted by atomic mass is 9.68. The van der Waals surface area contributed by atoms with Gasteiger partial charge in [-0.2, -0.15) is 18.4 Å². The van der Waals surface area contributed by atoms with Crippen molar-refractivity contribution in [1.82, 2.24) is 9.97 Å². The van der Waals surface area contributed by atoms with E-state index in [1.807, 2.05) is 6.07 Å². The lowest BCUT2D eigenvalue weighted by Crippen LogP contribution is -2.33. The van der Waals surface area contributed by atoms with Gasteiger partial charge in [0.2, 0.25) is 5.82 Å². The lowest BCUT2D eigenvalue weighted by Gasteiger charge is -2.36. The van der Waals surface area contributed by atoms with E-state index in [1.165, 1.54) is 12.3 Å². The zero-order valence-electron chi connectivity index (χ0n) is 15.6. The summed E-state index contributed by atoms with van der Waals surface area (Å²) < 4.78 is 52.3. The fourth-order valence-corrected chi connectivity index (χ4v) is 4.03. The number of alkyl halides is 3. The molecule has 0 saturated heterocycles. The summed E-state index contributed by atoms with van der Waals surface area (Å²) in [4.78, 5) is 20.9. The van der Waals surface area contributed by atoms with Gasteiger partial charge in [-0.05, 0) is 36.6 Å². The maximum Gasteiger partial charge on any atom is 0.419 e. The van der Waals surface area contributed by atoms with Crippen LogP contribution < -0.4 is 0 Å². The van der Waals surface area contributed by atoms with E-state index < -0.39 is 23.0 Å². The van der Waals surface area contributed by atoms with Gasteiger partial charge in [0.1, 0.15) is 17.7 Å². The van der Waals surface area contributed by atoms with E-state index in [-0.39, 0.29) is 30.0 Å². The number of hydrogen-bond donors (Lipinski definition) is 0. The molecular formula is C21H19F4N3O. The minimum absolute atomic E-state index is 0.0215. The minimum Gasteiger partial charge on any atom is -0.299 e. The average molecular weight is 405 g/mol. The Bertz CT molecular complexity index is 944. The second-order valence-corrected chi connectivity index (χ2v) is 7.42. The molecule has 0 N–H and O–H groups in total. The Morgan fingerprint density at radius 1 is 1.17 bits per heavy atom. The summed E-state index contributed by atoms with van der Waals surface area (Å²) in [5.41, 5.74) is -1.19. The fourth-order valence-electron chi connectivity index (χ4n) is 4.03. The highest BCUT2D eigenvalue weighted by Gasteiger charge is 2.38. The predicted octanol–water partition coefficient (Wildman–Crippen LogP) is 4.91. The predicted molar refractivity (Wildman–Crippen MR) is 96.2 cm³/mol. The molecule has 0 spiro atoms. The Morgan fingerprint density at radius 2 is 1.90 bits per heavy atom. The zero-order valence-corrected chi connectivity index (χ0v) is 15.6. The number of nitrogens with zero attached hydrogens (tertiary/aromatic N) is 3. The SMILES string of the molecule is N#Cc1nccc(C2(CC(=O)Cc3ccc(F)c(C(F)(F)F)c3)CCCCC2)n1. The van der Waals surface area contributed by atoms with Gasteiger partial charge in [-0.25, -0.2) is 14.4 Å². The maximum absolute atomic E-state index is 13.5. The number of rotatable bonds is 5. The molecule has 152 valence electrons. The summed E-state index contributed by atoms with van der Waals surface area (Å²) in [5, 5.41) is 9.07. The molecule has 1 aliphatic carbocycles. The molecule has 8 heteroatoms. The highest BCUT2D eigenvalue weighted by Crippen LogP contribution is 2.42. The van der Waals surface area contributed by atoms with Gasteiger partial charge in [-0.1, -0.05) is 25.3 Å². The van der Waals surface area contributed by atoms with E-state index in [1.54, 1.807) is 6.07 Å². The van der Waals surface area contributed by atoms with E-state index in [4.69, 9.17) is 5.26 Å². The van der Waals surface area contributed by atoms with Gasteiger partial charge in [0, 0.05) is 24.5 Å². The first-order valence-electron chi connectivity index (χ1n) is 9.34. The van der Waals surface area contributed by atoms with Crippen molar-refractivity contribution in [2.24, 2.45) is 0 Å². The van der Waals surface area contributed by atoms with Gasteiger partial charge in [0.05, 0.1) is 11.3 Å². The van der Waals surface area contributed by atoms with Gasteiger partial charge in [-0.15, -0.1) is 0 Å². The van der Waals surface area contributed by atoms with Crippen molar-refractivity contribution in [2.75, 3.05) is 0 Å². The molecule has 0 aliphatic heterocycles. The van der Waals surface area contributed by atoms with Gasteiger partial charge < -0.3 is 0 Å². The third-order valence-electron chi connectivity index (χ3n) is 5.38. The van der Waals surface area contributed by atoms with Crippen LogP contribution in [0.3, 0.4) is 0 Å². The van der Waals surface area contributed by atoms with E-state index in [0.717, 1.165) is 25.3 Å². The third kappa shape index (κ3) is 4.78. The molecule has 0 radical (unpaired) electrons. The number of ketones is 1. The molecule has 0 bridgehead atoms. The van der Waals surface area contributed by atoms with Crippen LogP contribution in [0.15, 0.2) is 30.5 Å². The third-order valence-corrected chi connectivity index (χ3v) is 5.38. The van der Waals surface area contributed by atoms with Gasteiger partial charge >= 0.3 is 6.18 Å². The Hall–Kier alpha value is -2.82. The van der Waals surface area contributed by atoms with Crippen LogP contribution in [0, 0.1) is 17.1 Å². The lowest BCUT2D eigenvalue weighted by molar-refractivity contribution is -0.140. The van der Waals surface area contributed by atoms with Crippen LogP contribution in [0.4, 0.5) is 17.6 Å². The van der Waals surface area contributed by atoms with Crippen LogP contribution in [0.2, 0.25) is 0 Å². The van der Waals surface area contributed by atoms with E-state index in [9.17, 15) is 22.4 Å². The Balaban J connectivity index is 1.84. The molecule has 3 rings (SSSR count). The molecular weight excluding hydrogens is 386 g/mol. The number of hydrogen-bond acceptors (Lipinski definition) is 4. The molecule has 0 amide bonds. The first-order valence-corrected chi connectivity index (χ1v) is 9.34. The van der Waals surface area contributed by atoms with Crippen molar-refractivity contribution in [3.8, 4) is 6.07 Å². The molecule has 2 aromatic rings. The Morgan fingerprint density at radius 3 is 2.55 bits per heavy atom. The van der Waals surface area contributed by atoms with Crippen LogP contribution in [-0.4, -0.2) is 15.8 Å². The smallest absolute Gasteiger partial charge is 0.299 e. The van der Waals surface area contributed by atoms with Crippen molar-refractivity contribution in [2.45, 2.75) is 56.5 Å². The van der Waals surface area contributed by atoms with Crippen LogP contribution in [0.1, 0.15) is 61.2 Å². The molecule has 1 saturated carbocycles. The van der Waals surface area contributed by atoms with Crippen molar-refractivity contribution >= 4 is 5.78 Å². The summed E-state index contributed by atoms with van der Waals surface area (Å²) in [6.07, 6.45) is 0.783. The molecule has 1 fully saturated rings. The number of Topliss-reactive ketones (excluding diaryl/α,β-unsaturated/α-hetero) is 1. The second-order valence-electron chi connectivity index (χ2n) is 7.42. The average Bonchev–Trinajstić information content (AvgIpc) is 2.69. The largest absolute Gasteiger partial charge is 0.419 e. The molecule has 1 aliphatic rings. The van der Waals surface area contributed by atoms with Crippen molar-refractivity contribution < 1.29 is 22.4 Å². The molecule has 0 atom stereocenters. The molecule has 1 aromatic carbocycles. The summed E-state index contributed by atoms with van der Waals surface area (Å²) in [5.74, 6) is -1.58. The van der Waals surface area contributed by atoms with Crippen LogP contribution in [0.25, 0.3) is 0 Å². The van der Waals surface area contributed by atoms with Crippen LogP contribution in [0.5, 0.6) is 0 Å². The monoisotopic (exact) mass is 405 g/mol. The summed E-state index contributed by atoms with van der Waals surface area (Å²) in [6.45, 7) is 0. The maximum atomic E-state index is 13.5. The van der Waals surface area contributed by atoms with Gasteiger partial charge in [-0.3, -0.25) is 4.79 Å². The van der Waals surface area contributed by atoms with Gasteiger partial charge in [0.15, 0.2) is 0 Å². The number of nitriles is 1. The number of halogens is 4. The van der Waals surface area contributed by atoms with Crippen molar-refractivity contribution in [3.63, 3.8) is 0 Å². The number of carbonyl (C=O) groups excluding carboxylic acids is 1. The zero-order chi connectivity index (χ0) is 21.1.